The van der Waals surface area contributed by atoms with Gasteiger partial charge in [-0.1, -0.05) is 12.1 Å². The third-order valence-corrected chi connectivity index (χ3v) is 5.02. The Labute approximate surface area is 165 Å². The lowest BCUT2D eigenvalue weighted by Crippen LogP contribution is -2.40. The standard InChI is InChI=1S/C20H21N5O4/c1-12-9-24-16-17(22(3)20(28)25(18(16)27)10-13(2)26)21-19(24)23(12)11-14-5-7-15(29-4)8-6-14/h5-9H,10-11H2,1-4H3. The first-order valence-corrected chi connectivity index (χ1v) is 9.12. The van der Waals surface area contributed by atoms with Crippen LogP contribution < -0.4 is 16.0 Å². The molecule has 0 radical (unpaired) electrons. The number of methoxy groups -OCH3 is 1. The predicted molar refractivity (Wildman–Crippen MR) is 108 cm³/mol. The van der Waals surface area contributed by atoms with Crippen molar-refractivity contribution in [3.8, 4) is 5.75 Å². The van der Waals surface area contributed by atoms with Crippen LogP contribution in [0.2, 0.25) is 0 Å². The maximum atomic E-state index is 13.0. The lowest BCUT2D eigenvalue weighted by Gasteiger charge is -2.07. The van der Waals surface area contributed by atoms with Crippen LogP contribution in [-0.2, 0) is 24.9 Å². The maximum absolute atomic E-state index is 13.0. The molecule has 0 saturated heterocycles. The van der Waals surface area contributed by atoms with Gasteiger partial charge in [0.2, 0.25) is 5.78 Å². The number of fused-ring (bicyclic) bond motifs is 3. The third kappa shape index (κ3) is 2.95. The number of ketones is 1. The summed E-state index contributed by atoms with van der Waals surface area (Å²) in [4.78, 5) is 41.6. The Balaban J connectivity index is 1.93. The first kappa shape index (κ1) is 18.7. The molecule has 3 aromatic heterocycles. The molecule has 29 heavy (non-hydrogen) atoms. The number of aryl methyl sites for hydroxylation is 2. The normalized spacial score (nSPS) is 11.4. The van der Waals surface area contributed by atoms with Gasteiger partial charge in [0.25, 0.3) is 5.56 Å². The zero-order chi connectivity index (χ0) is 20.9. The number of nitrogens with zero attached hydrogens (tertiary/aromatic N) is 5. The van der Waals surface area contributed by atoms with Crippen LogP contribution in [0.25, 0.3) is 16.9 Å². The van der Waals surface area contributed by atoms with Gasteiger partial charge in [-0.2, -0.15) is 4.98 Å². The Morgan fingerprint density at radius 2 is 1.83 bits per heavy atom. The van der Waals surface area contributed by atoms with E-state index in [0.717, 1.165) is 21.6 Å². The smallest absolute Gasteiger partial charge is 0.332 e. The highest BCUT2D eigenvalue weighted by molar-refractivity contribution is 5.78. The van der Waals surface area contributed by atoms with Gasteiger partial charge in [-0.3, -0.25) is 23.1 Å². The van der Waals surface area contributed by atoms with Gasteiger partial charge in [-0.25, -0.2) is 4.79 Å². The summed E-state index contributed by atoms with van der Waals surface area (Å²) < 4.78 is 11.1. The second-order valence-electron chi connectivity index (χ2n) is 7.09. The number of rotatable bonds is 5. The van der Waals surface area contributed by atoms with Crippen LogP contribution in [0.4, 0.5) is 0 Å². The van der Waals surface area contributed by atoms with Crippen molar-refractivity contribution in [1.29, 1.82) is 0 Å². The summed E-state index contributed by atoms with van der Waals surface area (Å²) in [5.41, 5.74) is 1.45. The Hall–Kier alpha value is -3.62. The highest BCUT2D eigenvalue weighted by Crippen LogP contribution is 2.19. The number of benzene rings is 1. The molecule has 9 heteroatoms. The molecule has 1 aromatic carbocycles. The number of ether oxygens (including phenoxy) is 1. The molecular weight excluding hydrogens is 374 g/mol. The van der Waals surface area contributed by atoms with Crippen LogP contribution in [0.3, 0.4) is 0 Å². The summed E-state index contributed by atoms with van der Waals surface area (Å²) in [6.07, 6.45) is 1.82. The highest BCUT2D eigenvalue weighted by Gasteiger charge is 2.20. The lowest BCUT2D eigenvalue weighted by atomic mass is 10.2. The molecule has 150 valence electrons. The molecule has 4 aromatic rings. The van der Waals surface area contributed by atoms with E-state index in [2.05, 4.69) is 4.98 Å². The number of Topliss-reactive ketones (excluding diaryl/α,β-unsaturated/α-hetero) is 1. The number of hydrogen-bond acceptors (Lipinski definition) is 5. The molecule has 0 bridgehead atoms. The van der Waals surface area contributed by atoms with Gasteiger partial charge in [0.05, 0.1) is 20.2 Å². The fraction of sp³-hybridized carbons (Fsp3) is 0.300. The van der Waals surface area contributed by atoms with Gasteiger partial charge < -0.3 is 9.30 Å². The molecule has 4 rings (SSSR count). The van der Waals surface area contributed by atoms with Gasteiger partial charge in [0.1, 0.15) is 11.5 Å². The first-order valence-electron chi connectivity index (χ1n) is 9.12. The Kier molecular flexibility index (Phi) is 4.37. The van der Waals surface area contributed by atoms with E-state index in [0.29, 0.717) is 18.0 Å². The molecule has 0 fully saturated rings. The summed E-state index contributed by atoms with van der Waals surface area (Å²) in [6.45, 7) is 3.56. The minimum absolute atomic E-state index is 0.264. The Bertz CT molecular complexity index is 1370. The van der Waals surface area contributed by atoms with Crippen LogP contribution in [0.5, 0.6) is 5.75 Å². The van der Waals surface area contributed by atoms with Crippen molar-refractivity contribution in [1.82, 2.24) is 23.1 Å². The van der Waals surface area contributed by atoms with Crippen LogP contribution in [0.1, 0.15) is 18.2 Å². The summed E-state index contributed by atoms with van der Waals surface area (Å²) in [7, 11) is 3.17. The second kappa shape index (κ2) is 6.77. The van der Waals surface area contributed by atoms with Crippen molar-refractivity contribution in [2.75, 3.05) is 7.11 Å². The van der Waals surface area contributed by atoms with Gasteiger partial charge in [-0.05, 0) is 31.5 Å². The number of imidazole rings is 2. The zero-order valence-corrected chi connectivity index (χ0v) is 16.7. The summed E-state index contributed by atoms with van der Waals surface area (Å²) >= 11 is 0. The van der Waals surface area contributed by atoms with Gasteiger partial charge in [0, 0.05) is 18.9 Å². The van der Waals surface area contributed by atoms with E-state index < -0.39 is 11.2 Å². The van der Waals surface area contributed by atoms with E-state index in [1.165, 1.54) is 11.5 Å². The summed E-state index contributed by atoms with van der Waals surface area (Å²) in [5.74, 6) is 1.06. The fourth-order valence-electron chi connectivity index (χ4n) is 3.53. The van der Waals surface area contributed by atoms with E-state index in [4.69, 9.17) is 4.74 Å². The van der Waals surface area contributed by atoms with Crippen LogP contribution in [0, 0.1) is 6.92 Å². The fourth-order valence-corrected chi connectivity index (χ4v) is 3.53. The van der Waals surface area contributed by atoms with Gasteiger partial charge in [0.15, 0.2) is 11.2 Å². The second-order valence-corrected chi connectivity index (χ2v) is 7.09. The molecule has 0 amide bonds. The lowest BCUT2D eigenvalue weighted by molar-refractivity contribution is -0.117. The van der Waals surface area contributed by atoms with Crippen molar-refractivity contribution in [2.45, 2.75) is 26.9 Å². The van der Waals surface area contributed by atoms with E-state index in [-0.39, 0.29) is 17.8 Å². The van der Waals surface area contributed by atoms with Crippen LogP contribution in [-0.4, -0.2) is 36.0 Å². The first-order chi connectivity index (χ1) is 13.8. The largest absolute Gasteiger partial charge is 0.497 e. The predicted octanol–water partition coefficient (Wildman–Crippen LogP) is 1.10. The third-order valence-electron chi connectivity index (χ3n) is 5.02. The van der Waals surface area contributed by atoms with E-state index in [1.54, 1.807) is 18.6 Å². The summed E-state index contributed by atoms with van der Waals surface area (Å²) in [5, 5.41) is 0. The Morgan fingerprint density at radius 1 is 1.14 bits per heavy atom. The summed E-state index contributed by atoms with van der Waals surface area (Å²) in [6, 6.07) is 7.70. The molecule has 9 nitrogen and oxygen atoms in total. The Morgan fingerprint density at radius 3 is 2.45 bits per heavy atom. The molecule has 0 saturated carbocycles. The van der Waals surface area contributed by atoms with Gasteiger partial charge >= 0.3 is 5.69 Å². The molecule has 3 heterocycles. The van der Waals surface area contributed by atoms with Crippen molar-refractivity contribution < 1.29 is 9.53 Å². The molecular formula is C20H21N5O4. The average Bonchev–Trinajstić information content (AvgIpc) is 3.20. The maximum Gasteiger partial charge on any atom is 0.332 e. The molecule has 0 aliphatic heterocycles. The molecule has 0 N–H and O–H groups in total. The molecule has 0 aliphatic rings. The van der Waals surface area contributed by atoms with Crippen LogP contribution >= 0.6 is 0 Å². The minimum atomic E-state index is -0.558. The zero-order valence-electron chi connectivity index (χ0n) is 16.7. The molecule has 0 unspecified atom stereocenters. The van der Waals surface area contributed by atoms with Crippen molar-refractivity contribution in [3.05, 3.63) is 62.6 Å². The van der Waals surface area contributed by atoms with Gasteiger partial charge in [-0.15, -0.1) is 0 Å². The number of carbonyl (C=O) groups excluding carboxylic acids is 1. The number of hydrogen-bond donors (Lipinski definition) is 0. The van der Waals surface area contributed by atoms with Crippen LogP contribution in [0.15, 0.2) is 40.1 Å². The topological polar surface area (TPSA) is 92.5 Å². The van der Waals surface area contributed by atoms with Crippen molar-refractivity contribution in [3.63, 3.8) is 0 Å². The molecule has 0 aliphatic carbocycles. The van der Waals surface area contributed by atoms with Crippen molar-refractivity contribution in [2.24, 2.45) is 7.05 Å². The monoisotopic (exact) mass is 395 g/mol. The van der Waals surface area contributed by atoms with E-state index in [1.807, 2.05) is 42.0 Å². The molecule has 0 atom stereocenters. The number of aromatic nitrogens is 5. The highest BCUT2D eigenvalue weighted by atomic mass is 16.5. The molecule has 0 spiro atoms. The average molecular weight is 395 g/mol. The van der Waals surface area contributed by atoms with E-state index >= 15 is 0 Å². The minimum Gasteiger partial charge on any atom is -0.497 e. The quantitative estimate of drug-likeness (QED) is 0.505. The number of carbonyl (C=O) groups is 1. The van der Waals surface area contributed by atoms with Crippen molar-refractivity contribution >= 4 is 22.7 Å². The SMILES string of the molecule is COc1ccc(Cn2c(C)cn3c4c(=O)n(CC(C)=O)c(=O)n(C)c4nc23)cc1. The van der Waals surface area contributed by atoms with E-state index in [9.17, 15) is 14.4 Å².